The molecule has 0 unspecified atom stereocenters. The summed E-state index contributed by atoms with van der Waals surface area (Å²) in [4.78, 5) is 20.1. The van der Waals surface area contributed by atoms with Gasteiger partial charge in [-0.15, -0.1) is 0 Å². The smallest absolute Gasteiger partial charge is 0.274 e. The first-order valence-electron chi connectivity index (χ1n) is 11.6. The summed E-state index contributed by atoms with van der Waals surface area (Å²) in [6.07, 6.45) is 12.3. The zero-order valence-electron chi connectivity index (χ0n) is 18.4. The summed E-state index contributed by atoms with van der Waals surface area (Å²) in [6.45, 7) is 8.33. The van der Waals surface area contributed by atoms with Gasteiger partial charge in [-0.2, -0.15) is 5.10 Å². The molecule has 2 aromatic rings. The molecule has 0 radical (unpaired) electrons. The van der Waals surface area contributed by atoms with E-state index in [2.05, 4.69) is 26.8 Å². The molecule has 1 saturated carbocycles. The van der Waals surface area contributed by atoms with Gasteiger partial charge in [0.2, 0.25) is 0 Å². The van der Waals surface area contributed by atoms with Crippen molar-refractivity contribution in [1.82, 2.24) is 19.5 Å². The van der Waals surface area contributed by atoms with Crippen LogP contribution < -0.4 is 0 Å². The van der Waals surface area contributed by atoms with Crippen LogP contribution in [-0.4, -0.2) is 38.5 Å². The summed E-state index contributed by atoms with van der Waals surface area (Å²) in [5.74, 6) is 0.817. The van der Waals surface area contributed by atoms with Crippen molar-refractivity contribution in [2.75, 3.05) is 13.1 Å². The van der Waals surface area contributed by atoms with Crippen molar-refractivity contribution in [1.29, 1.82) is 0 Å². The molecule has 4 rings (SSSR count). The molecule has 1 saturated heterocycles. The number of rotatable bonds is 3. The lowest BCUT2D eigenvalue weighted by Crippen LogP contribution is -2.34. The number of likely N-dealkylation sites (tertiary alicyclic amines) is 1. The Morgan fingerprint density at radius 2 is 1.66 bits per heavy atom. The van der Waals surface area contributed by atoms with Crippen molar-refractivity contribution in [3.63, 3.8) is 0 Å². The van der Waals surface area contributed by atoms with E-state index in [4.69, 9.17) is 10.1 Å². The van der Waals surface area contributed by atoms with Gasteiger partial charge in [-0.3, -0.25) is 4.79 Å². The minimum absolute atomic E-state index is 0.0571. The van der Waals surface area contributed by atoms with Gasteiger partial charge in [0.25, 0.3) is 5.91 Å². The fraction of sp³-hybridized carbons (Fsp3) is 0.708. The maximum absolute atomic E-state index is 13.2. The van der Waals surface area contributed by atoms with Crippen molar-refractivity contribution in [3.05, 3.63) is 29.2 Å². The number of nitrogens with zero attached hydrogens (tertiary/aromatic N) is 4. The first-order chi connectivity index (χ1) is 13.9. The highest BCUT2D eigenvalue weighted by molar-refractivity contribution is 5.93. The Hall–Kier alpha value is -1.91. The molecule has 0 N–H and O–H groups in total. The van der Waals surface area contributed by atoms with Crippen molar-refractivity contribution in [2.45, 2.75) is 90.4 Å². The average molecular weight is 397 g/mol. The Morgan fingerprint density at radius 3 is 2.31 bits per heavy atom. The topological polar surface area (TPSA) is 50.5 Å². The number of hydrogen-bond donors (Lipinski definition) is 0. The molecule has 158 valence electrons. The van der Waals surface area contributed by atoms with Gasteiger partial charge in [0, 0.05) is 30.3 Å². The fourth-order valence-corrected chi connectivity index (χ4v) is 4.89. The number of carbonyl (C=O) groups excluding carboxylic acids is 1. The van der Waals surface area contributed by atoms with E-state index in [1.54, 1.807) is 0 Å². The third-order valence-corrected chi connectivity index (χ3v) is 6.58. The molecule has 1 aliphatic carbocycles. The van der Waals surface area contributed by atoms with Gasteiger partial charge in [-0.25, -0.2) is 9.50 Å². The van der Waals surface area contributed by atoms with Crippen LogP contribution in [0.3, 0.4) is 0 Å². The van der Waals surface area contributed by atoms with Crippen LogP contribution in [0.1, 0.15) is 100 Å². The third kappa shape index (κ3) is 4.65. The quantitative estimate of drug-likeness (QED) is 0.719. The maximum atomic E-state index is 13.2. The second-order valence-electron chi connectivity index (χ2n) is 10.1. The van der Waals surface area contributed by atoms with Crippen LogP contribution in [0.25, 0.3) is 5.65 Å². The maximum Gasteiger partial charge on any atom is 0.274 e. The minimum atomic E-state index is -0.0571. The molecule has 2 aliphatic rings. The van der Waals surface area contributed by atoms with Crippen molar-refractivity contribution < 1.29 is 4.79 Å². The molecule has 2 aromatic heterocycles. The number of fused-ring (bicyclic) bond motifs is 1. The van der Waals surface area contributed by atoms with E-state index in [1.165, 1.54) is 44.9 Å². The van der Waals surface area contributed by atoms with E-state index < -0.39 is 0 Å². The highest BCUT2D eigenvalue weighted by Gasteiger charge is 2.25. The van der Waals surface area contributed by atoms with Gasteiger partial charge in [0.1, 0.15) is 0 Å². The van der Waals surface area contributed by atoms with E-state index in [9.17, 15) is 4.79 Å². The average Bonchev–Trinajstić information content (AvgIpc) is 3.29. The van der Waals surface area contributed by atoms with Crippen molar-refractivity contribution in [2.24, 2.45) is 5.92 Å². The van der Waals surface area contributed by atoms with Gasteiger partial charge in [-0.1, -0.05) is 65.7 Å². The standard InChI is InChI=1S/C24H36N4O/c1-24(2,3)21-16-19(15-18-11-7-8-12-18)25-22-17-20(26-28(21)22)23(29)27-13-9-5-4-6-10-14-27/h16-18H,4-15H2,1-3H3. The van der Waals surface area contributed by atoms with E-state index in [0.717, 1.165) is 55.3 Å². The molecule has 1 aliphatic heterocycles. The van der Waals surface area contributed by atoms with E-state index >= 15 is 0 Å². The summed E-state index contributed by atoms with van der Waals surface area (Å²) in [5, 5.41) is 4.74. The zero-order chi connectivity index (χ0) is 20.4. The Morgan fingerprint density at radius 1 is 1.00 bits per heavy atom. The molecule has 1 amide bonds. The molecule has 0 bridgehead atoms. The second kappa shape index (κ2) is 8.45. The summed E-state index contributed by atoms with van der Waals surface area (Å²) >= 11 is 0. The summed E-state index contributed by atoms with van der Waals surface area (Å²) < 4.78 is 1.91. The SMILES string of the molecule is CC(C)(C)c1cc(CC2CCCC2)nc2cc(C(=O)N3CCCCCCC3)nn12. The van der Waals surface area contributed by atoms with Crippen molar-refractivity contribution >= 4 is 11.6 Å². The van der Waals surface area contributed by atoms with E-state index in [0.29, 0.717) is 5.69 Å². The monoisotopic (exact) mass is 396 g/mol. The highest BCUT2D eigenvalue weighted by atomic mass is 16.2. The molecule has 5 nitrogen and oxygen atoms in total. The van der Waals surface area contributed by atoms with Gasteiger partial charge in [0.05, 0.1) is 5.69 Å². The summed E-state index contributed by atoms with van der Waals surface area (Å²) in [6, 6.07) is 4.14. The molecule has 29 heavy (non-hydrogen) atoms. The van der Waals surface area contributed by atoms with Gasteiger partial charge >= 0.3 is 0 Å². The molecule has 0 aromatic carbocycles. The second-order valence-corrected chi connectivity index (χ2v) is 10.1. The first kappa shape index (κ1) is 20.4. The summed E-state index contributed by atoms with van der Waals surface area (Å²) in [7, 11) is 0. The highest BCUT2D eigenvalue weighted by Crippen LogP contribution is 2.30. The Kier molecular flexibility index (Phi) is 5.93. The van der Waals surface area contributed by atoms with Gasteiger partial charge in [0.15, 0.2) is 11.3 Å². The van der Waals surface area contributed by atoms with Gasteiger partial charge < -0.3 is 4.90 Å². The van der Waals surface area contributed by atoms with Crippen molar-refractivity contribution in [3.8, 4) is 0 Å². The lowest BCUT2D eigenvalue weighted by Gasteiger charge is -2.24. The van der Waals surface area contributed by atoms with E-state index in [1.807, 2.05) is 15.5 Å². The van der Waals surface area contributed by atoms with Crippen LogP contribution in [0.2, 0.25) is 0 Å². The van der Waals surface area contributed by atoms with Crippen LogP contribution >= 0.6 is 0 Å². The minimum Gasteiger partial charge on any atom is -0.337 e. The summed E-state index contributed by atoms with van der Waals surface area (Å²) in [5.41, 5.74) is 3.60. The molecular weight excluding hydrogens is 360 g/mol. The lowest BCUT2D eigenvalue weighted by molar-refractivity contribution is 0.0736. The molecule has 3 heterocycles. The van der Waals surface area contributed by atoms with E-state index in [-0.39, 0.29) is 11.3 Å². The lowest BCUT2D eigenvalue weighted by atomic mass is 9.90. The molecule has 0 spiro atoms. The largest absolute Gasteiger partial charge is 0.337 e. The third-order valence-electron chi connectivity index (χ3n) is 6.58. The zero-order valence-corrected chi connectivity index (χ0v) is 18.4. The normalized spacial score (nSPS) is 19.5. The Bertz CT molecular complexity index is 850. The van der Waals surface area contributed by atoms with Crippen LogP contribution in [0.4, 0.5) is 0 Å². The molecular formula is C24H36N4O. The van der Waals surface area contributed by atoms with Crippen LogP contribution in [0, 0.1) is 5.92 Å². The van der Waals surface area contributed by atoms with Crippen LogP contribution in [0.5, 0.6) is 0 Å². The predicted molar refractivity (Wildman–Crippen MR) is 116 cm³/mol. The Labute approximate surface area is 174 Å². The van der Waals surface area contributed by atoms with Crippen LogP contribution in [0.15, 0.2) is 12.1 Å². The fourth-order valence-electron chi connectivity index (χ4n) is 4.89. The number of hydrogen-bond acceptors (Lipinski definition) is 3. The first-order valence-corrected chi connectivity index (χ1v) is 11.6. The molecule has 5 heteroatoms. The van der Waals surface area contributed by atoms with Crippen LogP contribution in [-0.2, 0) is 11.8 Å². The number of aromatic nitrogens is 3. The Balaban J connectivity index is 1.66. The molecule has 2 fully saturated rings. The van der Waals surface area contributed by atoms with Gasteiger partial charge in [-0.05, 0) is 31.2 Å². The molecule has 0 atom stereocenters. The predicted octanol–water partition coefficient (Wildman–Crippen LogP) is 5.17. The number of carbonyl (C=O) groups is 1. The number of amides is 1.